The number of aliphatic hydroxyl groups excluding tert-OH is 1. The molecule has 2 nitrogen and oxygen atoms in total. The monoisotopic (exact) mass is 187 g/mol. The Morgan fingerprint density at radius 1 is 1.38 bits per heavy atom. The standard InChI is InChI=1S/C11H20O2/c1-9(2)7-5-8(12)11(9,4)10(3,13)6-7/h7-8,12-13H,5-6H2,1-4H3/i3D3. The summed E-state index contributed by atoms with van der Waals surface area (Å²) >= 11 is 0. The third-order valence-electron chi connectivity index (χ3n) is 4.93. The molecular formula is C11H20O2. The van der Waals surface area contributed by atoms with E-state index in [2.05, 4.69) is 0 Å². The predicted molar refractivity (Wildman–Crippen MR) is 51.2 cm³/mol. The lowest BCUT2D eigenvalue weighted by atomic mass is 9.64. The Bertz CT molecular complexity index is 326. The minimum Gasteiger partial charge on any atom is -0.392 e. The lowest BCUT2D eigenvalue weighted by Crippen LogP contribution is -2.51. The number of hydrogen-bond acceptors (Lipinski definition) is 2. The van der Waals surface area contributed by atoms with Gasteiger partial charge < -0.3 is 10.2 Å². The molecule has 2 saturated carbocycles. The lowest BCUT2D eigenvalue weighted by molar-refractivity contribution is -0.133. The first-order chi connectivity index (χ1) is 6.98. The topological polar surface area (TPSA) is 40.5 Å². The van der Waals surface area contributed by atoms with Crippen LogP contribution in [-0.2, 0) is 0 Å². The minimum atomic E-state index is -2.44. The van der Waals surface area contributed by atoms with Crippen LogP contribution in [0.4, 0.5) is 0 Å². The van der Waals surface area contributed by atoms with Gasteiger partial charge in [-0.3, -0.25) is 0 Å². The van der Waals surface area contributed by atoms with Crippen molar-refractivity contribution < 1.29 is 14.3 Å². The summed E-state index contributed by atoms with van der Waals surface area (Å²) in [4.78, 5) is 0. The van der Waals surface area contributed by atoms with Crippen LogP contribution >= 0.6 is 0 Å². The maximum atomic E-state index is 10.6. The van der Waals surface area contributed by atoms with Gasteiger partial charge in [-0.15, -0.1) is 0 Å². The summed E-state index contributed by atoms with van der Waals surface area (Å²) in [6.45, 7) is 3.20. The number of rotatable bonds is 0. The molecule has 2 N–H and O–H groups in total. The summed E-state index contributed by atoms with van der Waals surface area (Å²) in [5.74, 6) is 0.0814. The fraction of sp³-hybridized carbons (Fsp3) is 1.00. The van der Waals surface area contributed by atoms with E-state index in [9.17, 15) is 10.2 Å². The summed E-state index contributed by atoms with van der Waals surface area (Å²) in [7, 11) is 0. The zero-order valence-electron chi connectivity index (χ0n) is 11.5. The molecule has 0 aromatic carbocycles. The molecule has 0 aliphatic heterocycles. The fourth-order valence-electron chi connectivity index (χ4n) is 3.37. The van der Waals surface area contributed by atoms with Crippen LogP contribution in [0.1, 0.15) is 44.6 Å². The van der Waals surface area contributed by atoms with Gasteiger partial charge in [0.15, 0.2) is 0 Å². The van der Waals surface area contributed by atoms with E-state index < -0.39 is 24.0 Å². The molecule has 0 heterocycles. The Balaban J connectivity index is 2.57. The molecule has 0 spiro atoms. The zero-order chi connectivity index (χ0) is 12.6. The second kappa shape index (κ2) is 2.12. The molecule has 4 atom stereocenters. The predicted octanol–water partition coefficient (Wildman–Crippen LogP) is 1.55. The van der Waals surface area contributed by atoms with Crippen molar-refractivity contribution in [2.45, 2.75) is 52.2 Å². The zero-order valence-corrected chi connectivity index (χ0v) is 8.46. The van der Waals surface area contributed by atoms with Crippen LogP contribution < -0.4 is 0 Å². The molecule has 2 aliphatic carbocycles. The van der Waals surface area contributed by atoms with Gasteiger partial charge in [-0.1, -0.05) is 20.8 Å². The molecule has 0 saturated heterocycles. The van der Waals surface area contributed by atoms with Crippen molar-refractivity contribution in [1.82, 2.24) is 0 Å². The summed E-state index contributed by atoms with van der Waals surface area (Å²) in [5, 5.41) is 20.7. The Labute approximate surface area is 84.2 Å². The first kappa shape index (κ1) is 6.41. The molecule has 0 amide bonds. The second-order valence-electron chi connectivity index (χ2n) is 5.44. The van der Waals surface area contributed by atoms with Crippen molar-refractivity contribution in [3.63, 3.8) is 0 Å². The molecule has 2 rings (SSSR count). The van der Waals surface area contributed by atoms with Crippen LogP contribution in [0.15, 0.2) is 0 Å². The molecule has 0 radical (unpaired) electrons. The molecule has 0 aromatic heterocycles. The summed E-state index contributed by atoms with van der Waals surface area (Å²) < 4.78 is 22.6. The van der Waals surface area contributed by atoms with Gasteiger partial charge in [-0.2, -0.15) is 0 Å². The van der Waals surface area contributed by atoms with E-state index in [4.69, 9.17) is 4.11 Å². The third kappa shape index (κ3) is 0.774. The van der Waals surface area contributed by atoms with Crippen LogP contribution in [0.5, 0.6) is 0 Å². The largest absolute Gasteiger partial charge is 0.392 e. The number of fused-ring (bicyclic) bond motifs is 2. The van der Waals surface area contributed by atoms with E-state index in [0.717, 1.165) is 0 Å². The summed E-state index contributed by atoms with van der Waals surface area (Å²) in [6, 6.07) is 0. The highest BCUT2D eigenvalue weighted by Crippen LogP contribution is 2.69. The maximum absolute atomic E-state index is 10.6. The van der Waals surface area contributed by atoms with Gasteiger partial charge in [0, 0.05) is 9.53 Å². The summed E-state index contributed by atoms with van der Waals surface area (Å²) in [6.07, 6.45) is 0.137. The van der Waals surface area contributed by atoms with Gasteiger partial charge in [0.05, 0.1) is 11.7 Å². The van der Waals surface area contributed by atoms with E-state index in [1.165, 1.54) is 0 Å². The average molecular weight is 187 g/mol. The van der Waals surface area contributed by atoms with Crippen LogP contribution in [-0.4, -0.2) is 21.9 Å². The fourth-order valence-corrected chi connectivity index (χ4v) is 3.37. The Morgan fingerprint density at radius 3 is 2.31 bits per heavy atom. The highest BCUT2D eigenvalue weighted by Gasteiger charge is 2.70. The van der Waals surface area contributed by atoms with E-state index in [0.29, 0.717) is 6.42 Å². The highest BCUT2D eigenvalue weighted by molar-refractivity contribution is 5.19. The van der Waals surface area contributed by atoms with Gasteiger partial charge in [0.2, 0.25) is 0 Å². The normalized spacial score (nSPS) is 63.0. The molecule has 13 heavy (non-hydrogen) atoms. The van der Waals surface area contributed by atoms with Crippen molar-refractivity contribution in [2.75, 3.05) is 0 Å². The van der Waals surface area contributed by atoms with E-state index in [-0.39, 0.29) is 17.8 Å². The first-order valence-electron chi connectivity index (χ1n) is 6.39. The number of aliphatic hydroxyl groups is 2. The molecule has 2 heteroatoms. The molecule has 76 valence electrons. The van der Waals surface area contributed by atoms with Crippen LogP contribution in [0, 0.1) is 16.7 Å². The molecule has 2 fully saturated rings. The first-order valence-corrected chi connectivity index (χ1v) is 4.89. The second-order valence-corrected chi connectivity index (χ2v) is 5.44. The van der Waals surface area contributed by atoms with Crippen molar-refractivity contribution in [3.05, 3.63) is 0 Å². The van der Waals surface area contributed by atoms with Crippen molar-refractivity contribution in [1.29, 1.82) is 0 Å². The molecule has 2 bridgehead atoms. The van der Waals surface area contributed by atoms with Gasteiger partial charge in [-0.05, 0) is 31.0 Å². The van der Waals surface area contributed by atoms with Crippen molar-refractivity contribution >= 4 is 0 Å². The Kier molecular flexibility index (Phi) is 1.04. The minimum absolute atomic E-state index is 0.0814. The highest BCUT2D eigenvalue weighted by atomic mass is 16.3. The molecule has 4 unspecified atom stereocenters. The SMILES string of the molecule is [2H]C([2H])([2H])C1(O)CC2CC(O)C1(C)C2(C)C. The van der Waals surface area contributed by atoms with E-state index >= 15 is 0 Å². The van der Waals surface area contributed by atoms with Gasteiger partial charge in [0.25, 0.3) is 0 Å². The lowest BCUT2D eigenvalue weighted by Gasteiger charge is -2.45. The van der Waals surface area contributed by atoms with Crippen LogP contribution in [0.2, 0.25) is 0 Å². The maximum Gasteiger partial charge on any atom is 0.0705 e. The van der Waals surface area contributed by atoms with Gasteiger partial charge in [-0.25, -0.2) is 0 Å². The van der Waals surface area contributed by atoms with Crippen LogP contribution in [0.25, 0.3) is 0 Å². The molecular weight excluding hydrogens is 164 g/mol. The average Bonchev–Trinajstić information content (AvgIpc) is 2.34. The molecule has 2 aliphatic rings. The smallest absolute Gasteiger partial charge is 0.0705 e. The van der Waals surface area contributed by atoms with E-state index in [1.807, 2.05) is 13.8 Å². The van der Waals surface area contributed by atoms with E-state index in [1.54, 1.807) is 6.92 Å². The Morgan fingerprint density at radius 2 is 2.00 bits per heavy atom. The Hall–Kier alpha value is -0.0800. The quantitative estimate of drug-likeness (QED) is 0.604. The molecule has 0 aromatic rings. The number of hydrogen-bond donors (Lipinski definition) is 2. The van der Waals surface area contributed by atoms with Crippen LogP contribution in [0.3, 0.4) is 0 Å². The summed E-state index contributed by atoms with van der Waals surface area (Å²) in [5.41, 5.74) is -3.04. The van der Waals surface area contributed by atoms with Crippen molar-refractivity contribution in [3.8, 4) is 0 Å². The third-order valence-corrected chi connectivity index (χ3v) is 4.93. The van der Waals surface area contributed by atoms with Crippen molar-refractivity contribution in [2.24, 2.45) is 16.7 Å². The van der Waals surface area contributed by atoms with Gasteiger partial charge in [0.1, 0.15) is 0 Å². The van der Waals surface area contributed by atoms with Gasteiger partial charge >= 0.3 is 0 Å².